The number of likely N-dealkylation sites (N-methyl/N-ethyl adjacent to an activating group) is 1. The Balaban J connectivity index is 3.00. The molecule has 1 fully saturated rings. The number of hydrogen-bond donors (Lipinski definition) is 1. The molecule has 0 spiro atoms. The summed E-state index contributed by atoms with van der Waals surface area (Å²) in [5, 5.41) is 9.30. The quantitative estimate of drug-likeness (QED) is 0.670. The molecule has 1 heterocycles. The summed E-state index contributed by atoms with van der Waals surface area (Å²) in [6, 6.07) is -0.0925. The Labute approximate surface area is 89.7 Å². The number of hydrogen-bond acceptors (Lipinski definition) is 3. The van der Waals surface area contributed by atoms with Crippen LogP contribution in [-0.4, -0.2) is 59.0 Å². The number of carboxylic acids is 1. The van der Waals surface area contributed by atoms with Crippen molar-refractivity contribution < 1.29 is 14.7 Å². The normalized spacial score (nSPS) is 26.9. The Morgan fingerprint density at radius 1 is 1.60 bits per heavy atom. The zero-order valence-electron chi connectivity index (χ0n) is 9.43. The van der Waals surface area contributed by atoms with Crippen molar-refractivity contribution in [1.82, 2.24) is 9.80 Å². The summed E-state index contributed by atoms with van der Waals surface area (Å²) in [6.45, 7) is 4.78. The van der Waals surface area contributed by atoms with Crippen LogP contribution in [0, 0.1) is 0 Å². The monoisotopic (exact) mass is 214 g/mol. The maximum atomic E-state index is 11.3. The first-order valence-electron chi connectivity index (χ1n) is 5.09. The summed E-state index contributed by atoms with van der Waals surface area (Å²) in [7, 11) is 1.87. The molecule has 1 saturated heterocycles. The number of likely N-dealkylation sites (tertiary alicyclic amines) is 1. The van der Waals surface area contributed by atoms with Gasteiger partial charge in [0.15, 0.2) is 5.54 Å². The minimum Gasteiger partial charge on any atom is -0.479 e. The molecule has 5 heteroatoms. The lowest BCUT2D eigenvalue weighted by Gasteiger charge is -2.37. The molecule has 1 N–H and O–H groups in total. The number of nitrogens with zero attached hydrogens (tertiary/aromatic N) is 2. The van der Waals surface area contributed by atoms with Crippen molar-refractivity contribution in [2.45, 2.75) is 31.8 Å². The van der Waals surface area contributed by atoms with E-state index in [4.69, 9.17) is 0 Å². The van der Waals surface area contributed by atoms with Crippen molar-refractivity contribution in [2.75, 3.05) is 20.1 Å². The minimum atomic E-state index is -1.04. The lowest BCUT2D eigenvalue weighted by molar-refractivity contribution is -0.156. The van der Waals surface area contributed by atoms with Gasteiger partial charge in [0.2, 0.25) is 6.41 Å². The maximum absolute atomic E-state index is 11.3. The summed E-state index contributed by atoms with van der Waals surface area (Å²) < 4.78 is 0. The second-order valence-electron chi connectivity index (χ2n) is 4.43. The minimum absolute atomic E-state index is 0.0925. The molecule has 0 radical (unpaired) electrons. The molecule has 15 heavy (non-hydrogen) atoms. The molecule has 1 amide bonds. The molecule has 1 aliphatic rings. The third kappa shape index (κ3) is 1.97. The van der Waals surface area contributed by atoms with E-state index in [-0.39, 0.29) is 6.04 Å². The fourth-order valence-corrected chi connectivity index (χ4v) is 2.19. The maximum Gasteiger partial charge on any atom is 0.331 e. The lowest BCUT2D eigenvalue weighted by atomic mass is 9.95. The Morgan fingerprint density at radius 2 is 2.20 bits per heavy atom. The second kappa shape index (κ2) is 4.18. The molecule has 0 bridgehead atoms. The smallest absolute Gasteiger partial charge is 0.331 e. The van der Waals surface area contributed by atoms with Crippen molar-refractivity contribution in [2.24, 2.45) is 0 Å². The van der Waals surface area contributed by atoms with Gasteiger partial charge < -0.3 is 14.9 Å². The van der Waals surface area contributed by atoms with Crippen LogP contribution in [0.25, 0.3) is 0 Å². The van der Waals surface area contributed by atoms with Gasteiger partial charge in [0.05, 0.1) is 0 Å². The molecule has 0 aromatic rings. The molecule has 5 nitrogen and oxygen atoms in total. The molecule has 0 aromatic heterocycles. The fourth-order valence-electron chi connectivity index (χ4n) is 2.19. The van der Waals surface area contributed by atoms with Gasteiger partial charge in [0, 0.05) is 19.1 Å². The van der Waals surface area contributed by atoms with E-state index in [0.29, 0.717) is 25.9 Å². The van der Waals surface area contributed by atoms with Crippen molar-refractivity contribution >= 4 is 12.4 Å². The third-order valence-corrected chi connectivity index (χ3v) is 3.00. The van der Waals surface area contributed by atoms with E-state index in [1.807, 2.05) is 25.8 Å². The van der Waals surface area contributed by atoms with Crippen molar-refractivity contribution in [3.63, 3.8) is 0 Å². The third-order valence-electron chi connectivity index (χ3n) is 3.00. The van der Waals surface area contributed by atoms with E-state index in [2.05, 4.69) is 0 Å². The molecule has 1 unspecified atom stereocenters. The number of aliphatic carboxylic acids is 1. The van der Waals surface area contributed by atoms with Crippen LogP contribution < -0.4 is 0 Å². The highest BCUT2D eigenvalue weighted by atomic mass is 16.4. The van der Waals surface area contributed by atoms with Gasteiger partial charge in [-0.15, -0.1) is 0 Å². The van der Waals surface area contributed by atoms with Crippen LogP contribution in [0.3, 0.4) is 0 Å². The van der Waals surface area contributed by atoms with Gasteiger partial charge in [-0.3, -0.25) is 4.79 Å². The molecule has 86 valence electrons. The highest BCUT2D eigenvalue weighted by Crippen LogP contribution is 2.28. The number of carbonyl (C=O) groups is 2. The second-order valence-corrected chi connectivity index (χ2v) is 4.43. The largest absolute Gasteiger partial charge is 0.479 e. The van der Waals surface area contributed by atoms with E-state index in [1.165, 1.54) is 4.90 Å². The van der Waals surface area contributed by atoms with Crippen LogP contribution in [0.4, 0.5) is 0 Å². The molecule has 0 saturated carbocycles. The first kappa shape index (κ1) is 12.0. The van der Waals surface area contributed by atoms with Gasteiger partial charge in [-0.25, -0.2) is 4.79 Å². The predicted octanol–water partition coefficient (Wildman–Crippen LogP) is 0.0121. The zero-order chi connectivity index (χ0) is 11.6. The molecule has 1 atom stereocenters. The van der Waals surface area contributed by atoms with Crippen LogP contribution in [0.2, 0.25) is 0 Å². The zero-order valence-corrected chi connectivity index (χ0v) is 9.43. The molecule has 0 aliphatic carbocycles. The van der Waals surface area contributed by atoms with E-state index in [0.717, 1.165) is 0 Å². The summed E-state index contributed by atoms with van der Waals surface area (Å²) in [6.07, 6.45) is 1.15. The first-order chi connectivity index (χ1) is 6.94. The molecular weight excluding hydrogens is 196 g/mol. The lowest BCUT2D eigenvalue weighted by Crippen LogP contribution is -2.58. The van der Waals surface area contributed by atoms with Crippen LogP contribution in [-0.2, 0) is 9.59 Å². The van der Waals surface area contributed by atoms with Gasteiger partial charge in [-0.1, -0.05) is 0 Å². The van der Waals surface area contributed by atoms with Crippen molar-refractivity contribution in [3.05, 3.63) is 0 Å². The standard InChI is InChI=1S/C10H18N2O3/c1-8(2)12(7-13)10(9(14)15)4-5-11(3)6-10/h7-8H,4-6H2,1-3H3,(H,14,15). The number of carboxylic acid groups (broad SMARTS) is 1. The van der Waals surface area contributed by atoms with E-state index < -0.39 is 11.5 Å². The van der Waals surface area contributed by atoms with Gasteiger partial charge in [-0.05, 0) is 27.3 Å². The van der Waals surface area contributed by atoms with Gasteiger partial charge in [0.1, 0.15) is 0 Å². The van der Waals surface area contributed by atoms with E-state index in [9.17, 15) is 14.7 Å². The predicted molar refractivity (Wildman–Crippen MR) is 55.5 cm³/mol. The van der Waals surface area contributed by atoms with Crippen LogP contribution >= 0.6 is 0 Å². The number of amides is 1. The SMILES string of the molecule is CC(C)N(C=O)C1(C(=O)O)CCN(C)C1. The molecule has 0 aromatic carbocycles. The summed E-state index contributed by atoms with van der Waals surface area (Å²) in [5.41, 5.74) is -1.04. The topological polar surface area (TPSA) is 60.9 Å². The first-order valence-corrected chi connectivity index (χ1v) is 5.09. The van der Waals surface area contributed by atoms with Crippen LogP contribution in [0.5, 0.6) is 0 Å². The molecule has 1 rings (SSSR count). The Hall–Kier alpha value is -1.10. The summed E-state index contributed by atoms with van der Waals surface area (Å²) >= 11 is 0. The van der Waals surface area contributed by atoms with Gasteiger partial charge in [0.25, 0.3) is 0 Å². The summed E-state index contributed by atoms with van der Waals surface area (Å²) in [4.78, 5) is 25.7. The fraction of sp³-hybridized carbons (Fsp3) is 0.800. The van der Waals surface area contributed by atoms with Gasteiger partial charge >= 0.3 is 5.97 Å². The Morgan fingerprint density at radius 3 is 2.47 bits per heavy atom. The van der Waals surface area contributed by atoms with E-state index in [1.54, 1.807) is 0 Å². The number of carbonyl (C=O) groups excluding carboxylic acids is 1. The molecule has 1 aliphatic heterocycles. The highest BCUT2D eigenvalue weighted by molar-refractivity contribution is 5.82. The average molecular weight is 214 g/mol. The van der Waals surface area contributed by atoms with Crippen LogP contribution in [0.1, 0.15) is 20.3 Å². The van der Waals surface area contributed by atoms with Crippen LogP contribution in [0.15, 0.2) is 0 Å². The summed E-state index contributed by atoms with van der Waals surface area (Å²) in [5.74, 6) is -0.910. The Kier molecular flexibility index (Phi) is 3.34. The number of rotatable bonds is 4. The Bertz CT molecular complexity index is 267. The van der Waals surface area contributed by atoms with Gasteiger partial charge in [-0.2, -0.15) is 0 Å². The molecular formula is C10H18N2O3. The highest BCUT2D eigenvalue weighted by Gasteiger charge is 2.49. The van der Waals surface area contributed by atoms with Crippen molar-refractivity contribution in [1.29, 1.82) is 0 Å². The average Bonchev–Trinajstić information content (AvgIpc) is 2.49. The van der Waals surface area contributed by atoms with Crippen molar-refractivity contribution in [3.8, 4) is 0 Å². The van der Waals surface area contributed by atoms with E-state index >= 15 is 0 Å².